The van der Waals surface area contributed by atoms with Crippen LogP contribution in [0.2, 0.25) is 0 Å². The predicted octanol–water partition coefficient (Wildman–Crippen LogP) is 1.45. The molecule has 0 aliphatic heterocycles. The third-order valence-corrected chi connectivity index (χ3v) is 0.333. The Labute approximate surface area is 62.5 Å². The van der Waals surface area contributed by atoms with Crippen LogP contribution in [0.4, 0.5) is 4.79 Å². The van der Waals surface area contributed by atoms with E-state index in [1.165, 1.54) is 14.2 Å². The molecule has 0 saturated heterocycles. The fraction of sp³-hybridized carbons (Fsp3) is 0.750. The minimum absolute atomic E-state index is 0.657. The fourth-order valence-electron chi connectivity index (χ4n) is 0.0833. The van der Waals surface area contributed by atoms with Gasteiger partial charge in [0.1, 0.15) is 0 Å². The summed E-state index contributed by atoms with van der Waals surface area (Å²) in [6, 6.07) is 0. The number of hydrogen-bond acceptors (Lipinski definition) is 3. The van der Waals surface area contributed by atoms with Gasteiger partial charge >= 0.3 is 6.16 Å². The lowest BCUT2D eigenvalue weighted by Gasteiger charge is -1.89. The molecule has 0 bridgehead atoms. The van der Waals surface area contributed by atoms with Crippen molar-refractivity contribution in [3.8, 4) is 0 Å². The second-order valence-corrected chi connectivity index (χ2v) is 0.658. The minimum atomic E-state index is -0.657. The molecule has 0 unspecified atom stereocenters. The van der Waals surface area contributed by atoms with E-state index in [1.807, 2.05) is 4.93 Å². The monoisotopic (exact) mass is 232 g/mol. The van der Waals surface area contributed by atoms with Gasteiger partial charge in [-0.1, -0.05) is 22.6 Å². The third-order valence-electron chi connectivity index (χ3n) is 0.333. The molecule has 0 aromatic carbocycles. The van der Waals surface area contributed by atoms with Gasteiger partial charge in [-0.05, 0) is 4.93 Å². The van der Waals surface area contributed by atoms with Gasteiger partial charge in [-0.3, -0.25) is 0 Å². The first kappa shape index (κ1) is 10.9. The van der Waals surface area contributed by atoms with Crippen LogP contribution < -0.4 is 0 Å². The zero-order valence-electron chi connectivity index (χ0n) is 5.10. The molecule has 0 aliphatic carbocycles. The Morgan fingerprint density at radius 3 is 1.50 bits per heavy atom. The second-order valence-electron chi connectivity index (χ2n) is 0.658. The van der Waals surface area contributed by atoms with Crippen LogP contribution in [0.15, 0.2) is 0 Å². The van der Waals surface area contributed by atoms with E-state index in [4.69, 9.17) is 0 Å². The molecule has 0 N–H and O–H groups in total. The van der Waals surface area contributed by atoms with Crippen LogP contribution in [0.25, 0.3) is 0 Å². The zero-order valence-corrected chi connectivity index (χ0v) is 7.26. The van der Waals surface area contributed by atoms with Crippen LogP contribution >= 0.6 is 22.6 Å². The smallest absolute Gasteiger partial charge is 0.438 e. The van der Waals surface area contributed by atoms with Crippen molar-refractivity contribution in [3.63, 3.8) is 0 Å². The molecule has 4 heteroatoms. The molecule has 3 nitrogen and oxygen atoms in total. The van der Waals surface area contributed by atoms with E-state index in [0.717, 1.165) is 0 Å². The summed E-state index contributed by atoms with van der Waals surface area (Å²) in [7, 11) is 2.51. The average Bonchev–Trinajstić information content (AvgIpc) is 1.91. The molecule has 0 amide bonds. The Balaban J connectivity index is 0. The van der Waals surface area contributed by atoms with Crippen LogP contribution in [-0.4, -0.2) is 25.3 Å². The van der Waals surface area contributed by atoms with E-state index in [1.54, 1.807) is 0 Å². The van der Waals surface area contributed by atoms with Crippen molar-refractivity contribution in [3.05, 3.63) is 0 Å². The molecule has 0 spiro atoms. The van der Waals surface area contributed by atoms with Gasteiger partial charge in [-0.25, -0.2) is 4.79 Å². The van der Waals surface area contributed by atoms with E-state index in [0.29, 0.717) is 0 Å². The highest BCUT2D eigenvalue weighted by molar-refractivity contribution is 14.1. The molecule has 0 heterocycles. The summed E-state index contributed by atoms with van der Waals surface area (Å²) >= 11 is 2.15. The molecule has 50 valence electrons. The molecule has 0 atom stereocenters. The second kappa shape index (κ2) is 10.1. The topological polar surface area (TPSA) is 35.5 Å². The van der Waals surface area contributed by atoms with Crippen molar-refractivity contribution in [2.75, 3.05) is 19.2 Å². The van der Waals surface area contributed by atoms with Crippen LogP contribution in [-0.2, 0) is 9.47 Å². The highest BCUT2D eigenvalue weighted by Gasteiger charge is 1.88. The van der Waals surface area contributed by atoms with Crippen molar-refractivity contribution in [1.82, 2.24) is 0 Å². The Hall–Kier alpha value is 0. The van der Waals surface area contributed by atoms with E-state index in [9.17, 15) is 4.79 Å². The molecule has 0 aromatic heterocycles. The number of hydrogen-bond donors (Lipinski definition) is 0. The van der Waals surface area contributed by atoms with Crippen LogP contribution in [0.1, 0.15) is 0 Å². The highest BCUT2D eigenvalue weighted by Crippen LogP contribution is 1.72. The first-order valence-electron chi connectivity index (χ1n) is 1.81. The number of methoxy groups -OCH3 is 2. The number of carbonyl (C=O) groups is 1. The standard InChI is InChI=1S/C3H6O3.CH3I/c1-5-3(4)6-2;1-2/h1-2H3;1H3. The maximum atomic E-state index is 9.74. The van der Waals surface area contributed by atoms with Gasteiger partial charge in [0.05, 0.1) is 14.2 Å². The van der Waals surface area contributed by atoms with E-state index in [2.05, 4.69) is 32.1 Å². The number of ether oxygens (including phenoxy) is 2. The molecule has 8 heavy (non-hydrogen) atoms. The lowest BCUT2D eigenvalue weighted by atomic mass is 11.3. The number of carbonyl (C=O) groups excluding carboxylic acids is 1. The van der Waals surface area contributed by atoms with Crippen molar-refractivity contribution in [2.24, 2.45) is 0 Å². The first-order chi connectivity index (χ1) is 3.81. The molecule has 0 rings (SSSR count). The Bertz CT molecular complexity index is 49.2. The van der Waals surface area contributed by atoms with Crippen LogP contribution in [0.3, 0.4) is 0 Å². The molecule has 0 radical (unpaired) electrons. The maximum Gasteiger partial charge on any atom is 0.507 e. The molecule has 0 aromatic rings. The van der Waals surface area contributed by atoms with E-state index in [-0.39, 0.29) is 0 Å². The van der Waals surface area contributed by atoms with Gasteiger partial charge in [-0.2, -0.15) is 0 Å². The van der Waals surface area contributed by atoms with Gasteiger partial charge in [0.2, 0.25) is 0 Å². The van der Waals surface area contributed by atoms with Gasteiger partial charge in [-0.15, -0.1) is 0 Å². The molecule has 0 saturated carbocycles. The Morgan fingerprint density at radius 2 is 1.50 bits per heavy atom. The number of rotatable bonds is 0. The normalized spacial score (nSPS) is 6.00. The van der Waals surface area contributed by atoms with Gasteiger partial charge in [0.15, 0.2) is 0 Å². The summed E-state index contributed by atoms with van der Waals surface area (Å²) in [5.74, 6) is 0. The van der Waals surface area contributed by atoms with E-state index >= 15 is 0 Å². The lowest BCUT2D eigenvalue weighted by Crippen LogP contribution is -1.97. The lowest BCUT2D eigenvalue weighted by molar-refractivity contribution is 0.0924. The summed E-state index contributed by atoms with van der Waals surface area (Å²) in [6.07, 6.45) is -0.657. The van der Waals surface area contributed by atoms with Gasteiger partial charge in [0, 0.05) is 0 Å². The van der Waals surface area contributed by atoms with Gasteiger partial charge in [0.25, 0.3) is 0 Å². The van der Waals surface area contributed by atoms with Gasteiger partial charge < -0.3 is 9.47 Å². The zero-order chi connectivity index (χ0) is 6.99. The van der Waals surface area contributed by atoms with Crippen molar-refractivity contribution >= 4 is 28.7 Å². The van der Waals surface area contributed by atoms with Crippen LogP contribution in [0.5, 0.6) is 0 Å². The van der Waals surface area contributed by atoms with E-state index < -0.39 is 6.16 Å². The van der Waals surface area contributed by atoms with Crippen molar-refractivity contribution in [2.45, 2.75) is 0 Å². The van der Waals surface area contributed by atoms with Crippen molar-refractivity contribution in [1.29, 1.82) is 0 Å². The largest absolute Gasteiger partial charge is 0.507 e. The molecule has 0 aliphatic rings. The highest BCUT2D eigenvalue weighted by atomic mass is 127. The molecular weight excluding hydrogens is 223 g/mol. The Morgan fingerprint density at radius 1 is 1.25 bits per heavy atom. The molecular formula is C4H9IO3. The summed E-state index contributed by atoms with van der Waals surface area (Å²) in [5, 5.41) is 0. The summed E-state index contributed by atoms with van der Waals surface area (Å²) in [6.45, 7) is 0. The maximum absolute atomic E-state index is 9.74. The summed E-state index contributed by atoms with van der Waals surface area (Å²) in [4.78, 5) is 11.7. The first-order valence-corrected chi connectivity index (χ1v) is 3.96. The Kier molecular flexibility index (Phi) is 13.7. The molecule has 0 fully saturated rings. The summed E-state index contributed by atoms with van der Waals surface area (Å²) < 4.78 is 8.08. The minimum Gasteiger partial charge on any atom is -0.438 e. The summed E-state index contributed by atoms with van der Waals surface area (Å²) in [5.41, 5.74) is 0. The SMILES string of the molecule is CI.COC(=O)OC. The number of alkyl halides is 1. The fourth-order valence-corrected chi connectivity index (χ4v) is 0.0833. The predicted molar refractivity (Wildman–Crippen MR) is 39.4 cm³/mol. The third kappa shape index (κ3) is 9.38. The average molecular weight is 232 g/mol. The quantitative estimate of drug-likeness (QED) is 0.360. The van der Waals surface area contributed by atoms with Crippen LogP contribution in [0, 0.1) is 0 Å². The van der Waals surface area contributed by atoms with Crippen molar-refractivity contribution < 1.29 is 14.3 Å². The number of halogens is 1.